The molecule has 0 aliphatic carbocycles. The lowest BCUT2D eigenvalue weighted by Crippen LogP contribution is -2.52. The molecular formula is C15H18F6N4O. The van der Waals surface area contributed by atoms with E-state index in [0.717, 1.165) is 19.4 Å². The molecule has 3 heterocycles. The first-order valence-electron chi connectivity index (χ1n) is 8.24. The normalized spacial score (nSPS) is 24.1. The molecule has 2 aliphatic rings. The van der Waals surface area contributed by atoms with Gasteiger partial charge in [-0.05, 0) is 31.9 Å². The fraction of sp³-hybridized carbons (Fsp3) is 0.733. The molecule has 146 valence electrons. The van der Waals surface area contributed by atoms with Crippen molar-refractivity contribution in [2.45, 2.75) is 37.7 Å². The van der Waals surface area contributed by atoms with Gasteiger partial charge in [0, 0.05) is 25.8 Å². The second kappa shape index (κ2) is 6.43. The summed E-state index contributed by atoms with van der Waals surface area (Å²) in [5.41, 5.74) is -4.03. The standard InChI is InChI=1S/C15H18F6N4O/c16-14(17,18)13(15(19,20)21)4-7-24(9-13)12(26)11-3-6-25(23-11)10-2-1-5-22-8-10/h3,6,10,22H,1-2,4-5,7-9H2. The van der Waals surface area contributed by atoms with Gasteiger partial charge in [0.2, 0.25) is 0 Å². The van der Waals surface area contributed by atoms with E-state index in [9.17, 15) is 31.1 Å². The summed E-state index contributed by atoms with van der Waals surface area (Å²) >= 11 is 0. The van der Waals surface area contributed by atoms with Crippen LogP contribution in [0, 0.1) is 5.41 Å². The smallest absolute Gasteiger partial charge is 0.336 e. The van der Waals surface area contributed by atoms with Crippen LogP contribution in [-0.2, 0) is 0 Å². The van der Waals surface area contributed by atoms with Gasteiger partial charge in [-0.3, -0.25) is 9.48 Å². The molecule has 0 spiro atoms. The second-order valence-electron chi connectivity index (χ2n) is 6.74. The van der Waals surface area contributed by atoms with Crippen LogP contribution in [0.3, 0.4) is 0 Å². The number of likely N-dealkylation sites (tertiary alicyclic amines) is 1. The van der Waals surface area contributed by atoms with Crippen molar-refractivity contribution in [3.8, 4) is 0 Å². The summed E-state index contributed by atoms with van der Waals surface area (Å²) < 4.78 is 80.2. The fourth-order valence-corrected chi connectivity index (χ4v) is 3.48. The van der Waals surface area contributed by atoms with Crippen LogP contribution in [0.4, 0.5) is 26.3 Å². The monoisotopic (exact) mass is 384 g/mol. The Balaban J connectivity index is 1.76. The number of amides is 1. The lowest BCUT2D eigenvalue weighted by Gasteiger charge is -2.33. The molecule has 2 saturated heterocycles. The Morgan fingerprint density at radius 2 is 1.92 bits per heavy atom. The third kappa shape index (κ3) is 3.17. The molecule has 1 aromatic heterocycles. The molecule has 1 amide bonds. The Morgan fingerprint density at radius 3 is 2.46 bits per heavy atom. The number of carbonyl (C=O) groups excluding carboxylic acids is 1. The van der Waals surface area contributed by atoms with E-state index >= 15 is 0 Å². The van der Waals surface area contributed by atoms with E-state index in [1.807, 2.05) is 0 Å². The molecule has 26 heavy (non-hydrogen) atoms. The number of nitrogens with zero attached hydrogens (tertiary/aromatic N) is 3. The van der Waals surface area contributed by atoms with Crippen molar-refractivity contribution in [3.05, 3.63) is 18.0 Å². The highest BCUT2D eigenvalue weighted by Gasteiger charge is 2.72. The molecule has 0 radical (unpaired) electrons. The average molecular weight is 384 g/mol. The van der Waals surface area contributed by atoms with Gasteiger partial charge in [-0.15, -0.1) is 0 Å². The Bertz CT molecular complexity index is 648. The molecule has 11 heteroatoms. The summed E-state index contributed by atoms with van der Waals surface area (Å²) in [4.78, 5) is 13.0. The molecule has 2 aliphatic heterocycles. The zero-order valence-corrected chi connectivity index (χ0v) is 13.7. The van der Waals surface area contributed by atoms with Crippen LogP contribution in [-0.4, -0.2) is 59.1 Å². The minimum Gasteiger partial charge on any atom is -0.336 e. The van der Waals surface area contributed by atoms with Gasteiger partial charge >= 0.3 is 12.4 Å². The molecule has 1 unspecified atom stereocenters. The maximum atomic E-state index is 13.1. The number of nitrogens with one attached hydrogen (secondary N) is 1. The summed E-state index contributed by atoms with van der Waals surface area (Å²) in [7, 11) is 0. The molecule has 0 aromatic carbocycles. The van der Waals surface area contributed by atoms with Gasteiger partial charge in [0.15, 0.2) is 5.41 Å². The van der Waals surface area contributed by atoms with Crippen molar-refractivity contribution >= 4 is 5.91 Å². The van der Waals surface area contributed by atoms with Crippen molar-refractivity contribution < 1.29 is 31.1 Å². The quantitative estimate of drug-likeness (QED) is 0.798. The number of aromatic nitrogens is 2. The van der Waals surface area contributed by atoms with Crippen LogP contribution in [0.1, 0.15) is 35.8 Å². The third-order valence-electron chi connectivity index (χ3n) is 5.11. The van der Waals surface area contributed by atoms with E-state index in [-0.39, 0.29) is 11.7 Å². The summed E-state index contributed by atoms with van der Waals surface area (Å²) in [5, 5.41) is 7.24. The molecule has 5 nitrogen and oxygen atoms in total. The molecule has 2 fully saturated rings. The van der Waals surface area contributed by atoms with Crippen LogP contribution in [0.5, 0.6) is 0 Å². The van der Waals surface area contributed by atoms with Crippen LogP contribution in [0.15, 0.2) is 12.3 Å². The van der Waals surface area contributed by atoms with Crippen molar-refractivity contribution in [1.82, 2.24) is 20.0 Å². The number of rotatable bonds is 2. The molecular weight excluding hydrogens is 366 g/mol. The van der Waals surface area contributed by atoms with Gasteiger partial charge in [0.1, 0.15) is 5.69 Å². The van der Waals surface area contributed by atoms with Gasteiger partial charge in [0.25, 0.3) is 5.91 Å². The molecule has 1 aromatic rings. The van der Waals surface area contributed by atoms with Crippen LogP contribution in [0.2, 0.25) is 0 Å². The van der Waals surface area contributed by atoms with Gasteiger partial charge in [-0.2, -0.15) is 31.4 Å². The Hall–Kier alpha value is -1.78. The maximum Gasteiger partial charge on any atom is 0.404 e. The number of halogens is 6. The van der Waals surface area contributed by atoms with Gasteiger partial charge in [-0.25, -0.2) is 0 Å². The highest BCUT2D eigenvalue weighted by molar-refractivity contribution is 5.92. The van der Waals surface area contributed by atoms with E-state index in [1.165, 1.54) is 16.9 Å². The van der Waals surface area contributed by atoms with Crippen LogP contribution >= 0.6 is 0 Å². The van der Waals surface area contributed by atoms with E-state index in [2.05, 4.69) is 10.4 Å². The number of piperidine rings is 1. The number of hydrogen-bond donors (Lipinski definition) is 1. The van der Waals surface area contributed by atoms with Gasteiger partial charge in [-0.1, -0.05) is 0 Å². The topological polar surface area (TPSA) is 50.2 Å². The van der Waals surface area contributed by atoms with Crippen LogP contribution < -0.4 is 5.32 Å². The summed E-state index contributed by atoms with van der Waals surface area (Å²) in [5.74, 6) is -0.914. The van der Waals surface area contributed by atoms with Crippen molar-refractivity contribution in [2.75, 3.05) is 26.2 Å². The second-order valence-corrected chi connectivity index (χ2v) is 6.74. The zero-order valence-electron chi connectivity index (χ0n) is 13.7. The first-order valence-corrected chi connectivity index (χ1v) is 8.24. The largest absolute Gasteiger partial charge is 0.404 e. The lowest BCUT2D eigenvalue weighted by molar-refractivity contribution is -0.334. The van der Waals surface area contributed by atoms with E-state index in [1.54, 1.807) is 0 Å². The Morgan fingerprint density at radius 1 is 1.23 bits per heavy atom. The first-order chi connectivity index (χ1) is 12.1. The molecule has 0 bridgehead atoms. The van der Waals surface area contributed by atoms with Crippen molar-refractivity contribution in [1.29, 1.82) is 0 Å². The van der Waals surface area contributed by atoms with Gasteiger partial charge < -0.3 is 10.2 Å². The Kier molecular flexibility index (Phi) is 4.70. The van der Waals surface area contributed by atoms with Crippen LogP contribution in [0.25, 0.3) is 0 Å². The number of alkyl halides is 6. The zero-order chi connectivity index (χ0) is 19.2. The predicted molar refractivity (Wildman–Crippen MR) is 78.4 cm³/mol. The summed E-state index contributed by atoms with van der Waals surface area (Å²) in [6.45, 7) is -0.537. The first kappa shape index (κ1) is 19.0. The van der Waals surface area contributed by atoms with E-state index in [0.29, 0.717) is 11.4 Å². The minimum absolute atomic E-state index is 0.00770. The summed E-state index contributed by atoms with van der Waals surface area (Å²) in [6.07, 6.45) is -8.88. The predicted octanol–water partition coefficient (Wildman–Crippen LogP) is 2.76. The molecule has 3 rings (SSSR count). The van der Waals surface area contributed by atoms with Crippen molar-refractivity contribution in [3.63, 3.8) is 0 Å². The fourth-order valence-electron chi connectivity index (χ4n) is 3.48. The molecule has 1 N–H and O–H groups in total. The molecule has 1 atom stereocenters. The average Bonchev–Trinajstić information content (AvgIpc) is 3.22. The summed E-state index contributed by atoms with van der Waals surface area (Å²) in [6, 6.07) is 1.34. The highest BCUT2D eigenvalue weighted by Crippen LogP contribution is 2.55. The third-order valence-corrected chi connectivity index (χ3v) is 5.11. The molecule has 0 saturated carbocycles. The van der Waals surface area contributed by atoms with E-state index < -0.39 is 43.2 Å². The maximum absolute atomic E-state index is 13.1. The lowest BCUT2D eigenvalue weighted by atomic mass is 9.85. The Labute approximate surface area is 145 Å². The van der Waals surface area contributed by atoms with Gasteiger partial charge in [0.05, 0.1) is 6.04 Å². The highest BCUT2D eigenvalue weighted by atomic mass is 19.4. The SMILES string of the molecule is O=C(c1ccn(C2CCCNC2)n1)N1CCC(C(F)(F)F)(C(F)(F)F)C1. The minimum atomic E-state index is -5.48. The van der Waals surface area contributed by atoms with E-state index in [4.69, 9.17) is 0 Å². The number of hydrogen-bond acceptors (Lipinski definition) is 3. The van der Waals surface area contributed by atoms with Crippen molar-refractivity contribution in [2.24, 2.45) is 5.41 Å². The number of carbonyl (C=O) groups is 1.